The Morgan fingerprint density at radius 2 is 1.93 bits per heavy atom. The summed E-state index contributed by atoms with van der Waals surface area (Å²) in [6.07, 6.45) is 4.23. The minimum Gasteiger partial charge on any atom is -0.312 e. The average molecular weight is 198 g/mol. The minimum absolute atomic E-state index is 0.797. The topological polar surface area (TPSA) is 15.3 Å². The van der Waals surface area contributed by atoms with Gasteiger partial charge >= 0.3 is 0 Å². The Balaban J connectivity index is 2.08. The molecule has 2 atom stereocenters. The van der Waals surface area contributed by atoms with E-state index in [1.54, 1.807) is 0 Å². The third-order valence-corrected chi connectivity index (χ3v) is 3.59. The first-order valence-corrected chi connectivity index (χ1v) is 6.23. The van der Waals surface area contributed by atoms with Crippen LogP contribution in [0, 0.1) is 5.92 Å². The normalized spacial score (nSPS) is 27.4. The summed E-state index contributed by atoms with van der Waals surface area (Å²) in [5.41, 5.74) is 0. The van der Waals surface area contributed by atoms with Crippen LogP contribution in [0.25, 0.3) is 0 Å². The van der Waals surface area contributed by atoms with E-state index in [0.717, 1.165) is 18.5 Å². The summed E-state index contributed by atoms with van der Waals surface area (Å²) < 4.78 is 0. The Morgan fingerprint density at radius 1 is 1.21 bits per heavy atom. The molecule has 2 nitrogen and oxygen atoms in total. The molecule has 1 aliphatic carbocycles. The number of hydrogen-bond donors (Lipinski definition) is 1. The second-order valence-corrected chi connectivity index (χ2v) is 4.50. The fourth-order valence-corrected chi connectivity index (χ4v) is 2.40. The van der Waals surface area contributed by atoms with Gasteiger partial charge in [-0.1, -0.05) is 27.2 Å². The van der Waals surface area contributed by atoms with E-state index in [1.165, 1.54) is 38.9 Å². The van der Waals surface area contributed by atoms with Gasteiger partial charge in [-0.05, 0) is 31.8 Å². The summed E-state index contributed by atoms with van der Waals surface area (Å²) in [6.45, 7) is 11.6. The van der Waals surface area contributed by atoms with Crippen molar-refractivity contribution in [2.24, 2.45) is 5.92 Å². The molecule has 1 fully saturated rings. The van der Waals surface area contributed by atoms with Crippen molar-refractivity contribution in [3.05, 3.63) is 0 Å². The van der Waals surface area contributed by atoms with Crippen molar-refractivity contribution < 1.29 is 0 Å². The lowest BCUT2D eigenvalue weighted by molar-refractivity contribution is 0.290. The lowest BCUT2D eigenvalue weighted by Gasteiger charge is -2.22. The van der Waals surface area contributed by atoms with Gasteiger partial charge in [0.05, 0.1) is 0 Å². The molecule has 0 radical (unpaired) electrons. The lowest BCUT2D eigenvalue weighted by Crippen LogP contribution is -2.38. The smallest absolute Gasteiger partial charge is 0.0107 e. The van der Waals surface area contributed by atoms with Crippen LogP contribution < -0.4 is 5.32 Å². The van der Waals surface area contributed by atoms with Crippen LogP contribution in [0.2, 0.25) is 0 Å². The van der Waals surface area contributed by atoms with E-state index in [4.69, 9.17) is 0 Å². The van der Waals surface area contributed by atoms with Crippen LogP contribution in [0.3, 0.4) is 0 Å². The molecule has 0 aromatic carbocycles. The maximum absolute atomic E-state index is 3.69. The predicted octanol–water partition coefficient (Wildman–Crippen LogP) is 2.11. The standard InChI is InChI=1S/C12H26N2/c1-4-14(5-2)10-9-13-12-8-6-7-11(12)3/h11-13H,4-10H2,1-3H3/t11-,12-/m0/s1. The Kier molecular flexibility index (Phi) is 5.49. The van der Waals surface area contributed by atoms with Gasteiger partial charge in [-0.25, -0.2) is 0 Å². The Bertz CT molecular complexity index is 143. The van der Waals surface area contributed by atoms with Crippen LogP contribution in [0.1, 0.15) is 40.0 Å². The molecule has 1 N–H and O–H groups in total. The molecule has 1 aliphatic rings. The first-order chi connectivity index (χ1) is 6.77. The molecule has 0 unspecified atom stereocenters. The number of nitrogens with one attached hydrogen (secondary N) is 1. The van der Waals surface area contributed by atoms with Crippen LogP contribution in [0.5, 0.6) is 0 Å². The fraction of sp³-hybridized carbons (Fsp3) is 1.00. The zero-order chi connectivity index (χ0) is 10.4. The monoisotopic (exact) mass is 198 g/mol. The molecule has 14 heavy (non-hydrogen) atoms. The van der Waals surface area contributed by atoms with Crippen molar-refractivity contribution in [3.63, 3.8) is 0 Å². The second kappa shape index (κ2) is 6.41. The summed E-state index contributed by atoms with van der Waals surface area (Å²) in [4.78, 5) is 2.48. The highest BCUT2D eigenvalue weighted by molar-refractivity contribution is 4.80. The molecule has 0 saturated heterocycles. The fourth-order valence-electron chi connectivity index (χ4n) is 2.40. The summed E-state index contributed by atoms with van der Waals surface area (Å²) in [7, 11) is 0. The average Bonchev–Trinajstić information content (AvgIpc) is 2.59. The second-order valence-electron chi connectivity index (χ2n) is 4.50. The van der Waals surface area contributed by atoms with Crippen molar-refractivity contribution in [2.75, 3.05) is 26.2 Å². The van der Waals surface area contributed by atoms with E-state index in [0.29, 0.717) is 0 Å². The molecule has 0 aromatic rings. The zero-order valence-corrected chi connectivity index (χ0v) is 10.1. The van der Waals surface area contributed by atoms with Crippen molar-refractivity contribution in [2.45, 2.75) is 46.1 Å². The van der Waals surface area contributed by atoms with Crippen LogP contribution in [-0.4, -0.2) is 37.1 Å². The van der Waals surface area contributed by atoms with Gasteiger partial charge in [-0.3, -0.25) is 0 Å². The molecule has 0 bridgehead atoms. The van der Waals surface area contributed by atoms with Gasteiger partial charge in [0, 0.05) is 19.1 Å². The van der Waals surface area contributed by atoms with E-state index in [2.05, 4.69) is 31.0 Å². The van der Waals surface area contributed by atoms with E-state index in [-0.39, 0.29) is 0 Å². The first-order valence-electron chi connectivity index (χ1n) is 6.23. The summed E-state index contributed by atoms with van der Waals surface area (Å²) in [6, 6.07) is 0.797. The summed E-state index contributed by atoms with van der Waals surface area (Å²) in [5, 5.41) is 3.69. The van der Waals surface area contributed by atoms with E-state index < -0.39 is 0 Å². The van der Waals surface area contributed by atoms with E-state index >= 15 is 0 Å². The number of nitrogens with zero attached hydrogens (tertiary/aromatic N) is 1. The lowest BCUT2D eigenvalue weighted by atomic mass is 10.1. The van der Waals surface area contributed by atoms with Crippen molar-refractivity contribution >= 4 is 0 Å². The third kappa shape index (κ3) is 3.58. The molecule has 0 heterocycles. The van der Waals surface area contributed by atoms with Crippen LogP contribution in [-0.2, 0) is 0 Å². The molecule has 0 aliphatic heterocycles. The van der Waals surface area contributed by atoms with Crippen LogP contribution in [0.15, 0.2) is 0 Å². The van der Waals surface area contributed by atoms with Gasteiger partial charge in [0.25, 0.3) is 0 Å². The highest BCUT2D eigenvalue weighted by atomic mass is 15.1. The maximum atomic E-state index is 3.69. The molecule has 1 saturated carbocycles. The molecular formula is C12H26N2. The first kappa shape index (κ1) is 12.0. The van der Waals surface area contributed by atoms with Gasteiger partial charge in [0.2, 0.25) is 0 Å². The maximum Gasteiger partial charge on any atom is 0.0107 e. The van der Waals surface area contributed by atoms with E-state index in [9.17, 15) is 0 Å². The zero-order valence-electron chi connectivity index (χ0n) is 10.1. The summed E-state index contributed by atoms with van der Waals surface area (Å²) >= 11 is 0. The Labute approximate surface area is 89.1 Å². The number of likely N-dealkylation sites (N-methyl/N-ethyl adjacent to an activating group) is 1. The molecule has 84 valence electrons. The van der Waals surface area contributed by atoms with Gasteiger partial charge < -0.3 is 10.2 Å². The highest BCUT2D eigenvalue weighted by Crippen LogP contribution is 2.24. The van der Waals surface area contributed by atoms with E-state index in [1.807, 2.05) is 0 Å². The van der Waals surface area contributed by atoms with Crippen LogP contribution in [0.4, 0.5) is 0 Å². The number of hydrogen-bond acceptors (Lipinski definition) is 2. The van der Waals surface area contributed by atoms with Crippen molar-refractivity contribution in [1.82, 2.24) is 10.2 Å². The van der Waals surface area contributed by atoms with Gasteiger partial charge in [0.15, 0.2) is 0 Å². The summed E-state index contributed by atoms with van der Waals surface area (Å²) in [5.74, 6) is 0.895. The van der Waals surface area contributed by atoms with Crippen molar-refractivity contribution in [1.29, 1.82) is 0 Å². The largest absolute Gasteiger partial charge is 0.312 e. The molecule has 0 amide bonds. The molecule has 0 spiro atoms. The predicted molar refractivity (Wildman–Crippen MR) is 62.6 cm³/mol. The molecule has 2 heteroatoms. The molecule has 0 aromatic heterocycles. The Hall–Kier alpha value is -0.0800. The highest BCUT2D eigenvalue weighted by Gasteiger charge is 2.22. The van der Waals surface area contributed by atoms with Crippen LogP contribution >= 0.6 is 0 Å². The quantitative estimate of drug-likeness (QED) is 0.703. The number of rotatable bonds is 6. The van der Waals surface area contributed by atoms with Gasteiger partial charge in [0.1, 0.15) is 0 Å². The third-order valence-electron chi connectivity index (χ3n) is 3.59. The molecule has 1 rings (SSSR count). The minimum atomic E-state index is 0.797. The Morgan fingerprint density at radius 3 is 2.43 bits per heavy atom. The van der Waals surface area contributed by atoms with Gasteiger partial charge in [-0.15, -0.1) is 0 Å². The van der Waals surface area contributed by atoms with Gasteiger partial charge in [-0.2, -0.15) is 0 Å². The van der Waals surface area contributed by atoms with Crippen molar-refractivity contribution in [3.8, 4) is 0 Å². The SMILES string of the molecule is CCN(CC)CCN[C@H]1CCC[C@@H]1C. The molecular weight excluding hydrogens is 172 g/mol.